The topological polar surface area (TPSA) is 43.1 Å². The Morgan fingerprint density at radius 2 is 2.23 bits per heavy atom. The zero-order valence-electron chi connectivity index (χ0n) is 6.89. The van der Waals surface area contributed by atoms with Gasteiger partial charge < -0.3 is 5.73 Å². The number of halogens is 2. The molecule has 1 aromatic rings. The van der Waals surface area contributed by atoms with Crippen LogP contribution < -0.4 is 5.73 Å². The quantitative estimate of drug-likeness (QED) is 0.830. The summed E-state index contributed by atoms with van der Waals surface area (Å²) in [6.45, 7) is 0.241. The van der Waals surface area contributed by atoms with Gasteiger partial charge in [-0.05, 0) is 24.7 Å². The van der Waals surface area contributed by atoms with Gasteiger partial charge in [-0.1, -0.05) is 15.9 Å². The number of carbonyl (C=O) groups is 1. The van der Waals surface area contributed by atoms with Gasteiger partial charge in [-0.3, -0.25) is 4.79 Å². The van der Waals surface area contributed by atoms with Crippen LogP contribution in [-0.2, 0) is 0 Å². The van der Waals surface area contributed by atoms with Crippen LogP contribution in [0.1, 0.15) is 16.8 Å². The molecule has 0 heterocycles. The lowest BCUT2D eigenvalue weighted by molar-refractivity contribution is 0.0981. The molecule has 0 spiro atoms. The van der Waals surface area contributed by atoms with E-state index in [0.717, 1.165) is 0 Å². The van der Waals surface area contributed by atoms with Crippen molar-refractivity contribution in [2.24, 2.45) is 5.73 Å². The maximum Gasteiger partial charge on any atom is 0.167 e. The molecule has 0 unspecified atom stereocenters. The van der Waals surface area contributed by atoms with Crippen LogP contribution in [0.3, 0.4) is 0 Å². The van der Waals surface area contributed by atoms with Gasteiger partial charge in [0.15, 0.2) is 5.78 Å². The highest BCUT2D eigenvalue weighted by Crippen LogP contribution is 2.16. The van der Waals surface area contributed by atoms with Crippen LogP contribution in [0, 0.1) is 5.82 Å². The number of carbonyl (C=O) groups excluding carboxylic acids is 1. The highest BCUT2D eigenvalue weighted by atomic mass is 79.9. The fraction of sp³-hybridized carbons (Fsp3) is 0.222. The Bertz CT molecular complexity index is 327. The molecule has 4 heteroatoms. The molecule has 0 aromatic heterocycles. The third-order valence-electron chi connectivity index (χ3n) is 1.60. The molecule has 0 saturated carbocycles. The Morgan fingerprint density at radius 3 is 2.85 bits per heavy atom. The first-order valence-electron chi connectivity index (χ1n) is 3.83. The van der Waals surface area contributed by atoms with Crippen LogP contribution in [0.5, 0.6) is 0 Å². The Kier molecular flexibility index (Phi) is 3.57. The van der Waals surface area contributed by atoms with E-state index in [1.54, 1.807) is 6.07 Å². The zero-order chi connectivity index (χ0) is 9.84. The van der Waals surface area contributed by atoms with Gasteiger partial charge in [-0.25, -0.2) is 4.39 Å². The summed E-state index contributed by atoms with van der Waals surface area (Å²) in [6.07, 6.45) is 0.174. The first-order chi connectivity index (χ1) is 6.15. The second kappa shape index (κ2) is 4.48. The maximum atomic E-state index is 13.1. The molecule has 0 bridgehead atoms. The molecule has 13 heavy (non-hydrogen) atoms. The van der Waals surface area contributed by atoms with Crippen molar-refractivity contribution in [3.05, 3.63) is 34.1 Å². The first-order valence-corrected chi connectivity index (χ1v) is 4.62. The van der Waals surface area contributed by atoms with Crippen LogP contribution in [0.15, 0.2) is 22.7 Å². The normalized spacial score (nSPS) is 10.1. The van der Waals surface area contributed by atoms with Crippen molar-refractivity contribution >= 4 is 21.7 Å². The highest BCUT2D eigenvalue weighted by Gasteiger charge is 2.10. The monoisotopic (exact) mass is 245 g/mol. The van der Waals surface area contributed by atoms with Crippen LogP contribution >= 0.6 is 15.9 Å². The summed E-state index contributed by atoms with van der Waals surface area (Å²) >= 11 is 3.17. The molecule has 0 aliphatic heterocycles. The molecule has 1 rings (SSSR count). The van der Waals surface area contributed by atoms with Gasteiger partial charge in [0, 0.05) is 10.9 Å². The number of nitrogens with two attached hydrogens (primary N) is 1. The van der Waals surface area contributed by atoms with Crippen molar-refractivity contribution < 1.29 is 9.18 Å². The van der Waals surface area contributed by atoms with E-state index < -0.39 is 5.82 Å². The minimum atomic E-state index is -0.498. The molecule has 2 nitrogen and oxygen atoms in total. The van der Waals surface area contributed by atoms with Gasteiger partial charge in [-0.15, -0.1) is 0 Å². The Labute approximate surface area is 84.1 Å². The van der Waals surface area contributed by atoms with Crippen LogP contribution in [0.4, 0.5) is 4.39 Å². The average molecular weight is 246 g/mol. The van der Waals surface area contributed by atoms with Crippen molar-refractivity contribution in [1.82, 2.24) is 0 Å². The molecule has 0 saturated heterocycles. The number of hydrogen-bond donors (Lipinski definition) is 1. The predicted molar refractivity (Wildman–Crippen MR) is 52.1 cm³/mol. The van der Waals surface area contributed by atoms with Gasteiger partial charge in [-0.2, -0.15) is 0 Å². The van der Waals surface area contributed by atoms with Gasteiger partial charge in [0.1, 0.15) is 5.82 Å². The summed E-state index contributed by atoms with van der Waals surface area (Å²) in [4.78, 5) is 11.3. The van der Waals surface area contributed by atoms with E-state index in [1.165, 1.54) is 12.1 Å². The fourth-order valence-electron chi connectivity index (χ4n) is 0.977. The number of benzene rings is 1. The molecular formula is C9H9BrFNO. The molecule has 0 atom stereocenters. The van der Waals surface area contributed by atoms with Crippen LogP contribution in [0.25, 0.3) is 0 Å². The first kappa shape index (κ1) is 10.3. The molecular weight excluding hydrogens is 237 g/mol. The van der Waals surface area contributed by atoms with Crippen LogP contribution in [0.2, 0.25) is 0 Å². The van der Waals surface area contributed by atoms with Crippen molar-refractivity contribution in [2.75, 3.05) is 6.54 Å². The highest BCUT2D eigenvalue weighted by molar-refractivity contribution is 9.10. The summed E-state index contributed by atoms with van der Waals surface area (Å²) in [6, 6.07) is 4.27. The second-order valence-corrected chi connectivity index (χ2v) is 3.50. The van der Waals surface area contributed by atoms with E-state index in [2.05, 4.69) is 15.9 Å². The molecule has 0 amide bonds. The lowest BCUT2D eigenvalue weighted by Crippen LogP contribution is -2.09. The third-order valence-corrected chi connectivity index (χ3v) is 2.09. The number of rotatable bonds is 3. The molecule has 70 valence electrons. The predicted octanol–water partition coefficient (Wildman–Crippen LogP) is 2.12. The van der Waals surface area contributed by atoms with Gasteiger partial charge >= 0.3 is 0 Å². The second-order valence-electron chi connectivity index (χ2n) is 2.59. The zero-order valence-corrected chi connectivity index (χ0v) is 8.47. The van der Waals surface area contributed by atoms with Gasteiger partial charge in [0.25, 0.3) is 0 Å². The summed E-state index contributed by atoms with van der Waals surface area (Å²) in [7, 11) is 0. The average Bonchev–Trinajstić information content (AvgIpc) is 2.09. The molecule has 0 radical (unpaired) electrons. The van der Waals surface area contributed by atoms with Gasteiger partial charge in [0.05, 0.1) is 5.56 Å². The molecule has 0 fully saturated rings. The van der Waals surface area contributed by atoms with E-state index in [4.69, 9.17) is 5.73 Å². The summed E-state index contributed by atoms with van der Waals surface area (Å²) in [5, 5.41) is 0. The van der Waals surface area contributed by atoms with E-state index >= 15 is 0 Å². The lowest BCUT2D eigenvalue weighted by Gasteiger charge is -2.01. The number of hydrogen-bond acceptors (Lipinski definition) is 2. The maximum absolute atomic E-state index is 13.1. The fourth-order valence-corrected chi connectivity index (χ4v) is 1.34. The number of Topliss-reactive ketones (excluding diaryl/α,β-unsaturated/α-hetero) is 1. The van der Waals surface area contributed by atoms with E-state index in [-0.39, 0.29) is 24.3 Å². The minimum absolute atomic E-state index is 0.0971. The lowest BCUT2D eigenvalue weighted by atomic mass is 10.1. The Balaban J connectivity index is 2.99. The van der Waals surface area contributed by atoms with Crippen molar-refractivity contribution in [2.45, 2.75) is 6.42 Å². The van der Waals surface area contributed by atoms with Crippen molar-refractivity contribution in [3.8, 4) is 0 Å². The van der Waals surface area contributed by atoms with Crippen molar-refractivity contribution in [1.29, 1.82) is 0 Å². The summed E-state index contributed by atoms with van der Waals surface area (Å²) < 4.78 is 13.8. The van der Waals surface area contributed by atoms with Crippen molar-refractivity contribution in [3.63, 3.8) is 0 Å². The largest absolute Gasteiger partial charge is 0.330 e. The molecule has 1 aromatic carbocycles. The van der Waals surface area contributed by atoms with Crippen LogP contribution in [-0.4, -0.2) is 12.3 Å². The third kappa shape index (κ3) is 2.60. The summed E-state index contributed by atoms with van der Waals surface area (Å²) in [5.74, 6) is -0.761. The molecule has 2 N–H and O–H groups in total. The molecule has 0 aliphatic carbocycles. The van der Waals surface area contributed by atoms with E-state index in [9.17, 15) is 9.18 Å². The number of ketones is 1. The SMILES string of the molecule is NCCC(=O)c1cc(Br)ccc1F. The molecule has 0 aliphatic rings. The Hall–Kier alpha value is -0.740. The van der Waals surface area contributed by atoms with Gasteiger partial charge in [0.2, 0.25) is 0 Å². The Morgan fingerprint density at radius 1 is 1.54 bits per heavy atom. The summed E-state index contributed by atoms with van der Waals surface area (Å²) in [5.41, 5.74) is 5.30. The standard InChI is InChI=1S/C9H9BrFNO/c10-6-1-2-8(11)7(5-6)9(13)3-4-12/h1-2,5H,3-4,12H2. The smallest absolute Gasteiger partial charge is 0.167 e. The van der Waals surface area contributed by atoms with E-state index in [0.29, 0.717) is 4.47 Å². The van der Waals surface area contributed by atoms with E-state index in [1.807, 2.05) is 0 Å². The minimum Gasteiger partial charge on any atom is -0.330 e.